The largest absolute Gasteiger partial charge is 0.365 e. The summed E-state index contributed by atoms with van der Waals surface area (Å²) in [6.45, 7) is 0. The van der Waals surface area contributed by atoms with Crippen molar-refractivity contribution in [1.82, 2.24) is 19.7 Å². The van der Waals surface area contributed by atoms with E-state index >= 15 is 0 Å². The molecule has 0 spiro atoms. The van der Waals surface area contributed by atoms with Gasteiger partial charge in [-0.1, -0.05) is 0 Å². The van der Waals surface area contributed by atoms with Gasteiger partial charge >= 0.3 is 0 Å². The molecule has 2 aromatic rings. The molecule has 0 bridgehead atoms. The summed E-state index contributed by atoms with van der Waals surface area (Å²) in [7, 11) is 1.84. The molecule has 2 aromatic heterocycles. The lowest BCUT2D eigenvalue weighted by Crippen LogP contribution is -2.23. The molecule has 19 heavy (non-hydrogen) atoms. The number of aromatic nitrogens is 4. The molecule has 7 heteroatoms. The number of nitrogens with zero attached hydrogens (tertiary/aromatic N) is 5. The molecule has 1 fully saturated rings. The van der Waals surface area contributed by atoms with E-state index in [9.17, 15) is 0 Å². The number of rotatable bonds is 2. The summed E-state index contributed by atoms with van der Waals surface area (Å²) < 4.78 is 2.43. The van der Waals surface area contributed by atoms with Crippen molar-refractivity contribution >= 4 is 32.8 Å². The molecular formula is C12H13BrN6. The Morgan fingerprint density at radius 2 is 2.32 bits per heavy atom. The molecule has 0 unspecified atom stereocenters. The van der Waals surface area contributed by atoms with Crippen molar-refractivity contribution in [2.45, 2.75) is 25.3 Å². The zero-order chi connectivity index (χ0) is 13.4. The van der Waals surface area contributed by atoms with Crippen LogP contribution >= 0.6 is 15.9 Å². The minimum atomic E-state index is 0.0560. The fourth-order valence-electron chi connectivity index (χ4n) is 2.61. The first-order valence-corrected chi connectivity index (χ1v) is 6.99. The molecular weight excluding hydrogens is 308 g/mol. The molecule has 3 rings (SSSR count). The first kappa shape index (κ1) is 12.4. The van der Waals surface area contributed by atoms with Crippen LogP contribution in [0.15, 0.2) is 10.9 Å². The molecule has 1 aliphatic carbocycles. The average molecular weight is 321 g/mol. The van der Waals surface area contributed by atoms with Crippen molar-refractivity contribution in [3.63, 3.8) is 0 Å². The molecule has 0 aromatic carbocycles. The van der Waals surface area contributed by atoms with Crippen LogP contribution < -0.4 is 5.32 Å². The molecule has 1 N–H and O–H groups in total. The van der Waals surface area contributed by atoms with E-state index in [1.807, 2.05) is 7.05 Å². The smallest absolute Gasteiger partial charge is 0.164 e. The number of aryl methyl sites for hydroxylation is 1. The highest BCUT2D eigenvalue weighted by Crippen LogP contribution is 2.31. The van der Waals surface area contributed by atoms with Crippen LogP contribution in [0.5, 0.6) is 0 Å². The lowest BCUT2D eigenvalue weighted by Gasteiger charge is -2.16. The number of nitrogens with one attached hydrogen (secondary N) is 1. The third kappa shape index (κ3) is 2.06. The normalized spacial score (nSPS) is 22.6. The van der Waals surface area contributed by atoms with Gasteiger partial charge in [-0.3, -0.25) is 0 Å². The Morgan fingerprint density at radius 1 is 1.47 bits per heavy atom. The fourth-order valence-corrected chi connectivity index (χ4v) is 3.22. The first-order valence-electron chi connectivity index (χ1n) is 6.20. The second kappa shape index (κ2) is 4.78. The maximum Gasteiger partial charge on any atom is 0.164 e. The van der Waals surface area contributed by atoms with E-state index in [1.165, 1.54) is 6.33 Å². The van der Waals surface area contributed by atoms with E-state index < -0.39 is 0 Å². The van der Waals surface area contributed by atoms with Gasteiger partial charge in [0.15, 0.2) is 5.65 Å². The number of hydrogen-bond acceptors (Lipinski definition) is 5. The first-order chi connectivity index (χ1) is 9.20. The fraction of sp³-hybridized carbons (Fsp3) is 0.500. The van der Waals surface area contributed by atoms with Gasteiger partial charge in [0.05, 0.1) is 17.4 Å². The summed E-state index contributed by atoms with van der Waals surface area (Å²) in [4.78, 5) is 8.53. The number of fused-ring (bicyclic) bond motifs is 1. The zero-order valence-corrected chi connectivity index (χ0v) is 12.1. The second-order valence-corrected chi connectivity index (χ2v) is 5.50. The molecule has 1 aliphatic rings. The van der Waals surface area contributed by atoms with Crippen LogP contribution in [-0.4, -0.2) is 25.8 Å². The van der Waals surface area contributed by atoms with E-state index in [-0.39, 0.29) is 12.0 Å². The molecule has 1 saturated carbocycles. The molecule has 0 saturated heterocycles. The maximum absolute atomic E-state index is 9.14. The Kier molecular flexibility index (Phi) is 3.11. The van der Waals surface area contributed by atoms with Gasteiger partial charge in [-0.15, -0.1) is 0 Å². The Hall–Kier alpha value is -1.68. The molecule has 0 amide bonds. The SMILES string of the molecule is Cn1nc(Br)c2c(N[C@H]3CCC[C@@H]3C#N)ncnc21. The van der Waals surface area contributed by atoms with Crippen molar-refractivity contribution < 1.29 is 0 Å². The topological polar surface area (TPSA) is 79.4 Å². The predicted octanol–water partition coefficient (Wildman–Crippen LogP) is 2.23. The summed E-state index contributed by atoms with van der Waals surface area (Å²) in [5.41, 5.74) is 0.774. The van der Waals surface area contributed by atoms with Gasteiger partial charge in [0, 0.05) is 13.1 Å². The second-order valence-electron chi connectivity index (χ2n) is 4.75. The van der Waals surface area contributed by atoms with Crippen LogP contribution in [-0.2, 0) is 7.05 Å². The van der Waals surface area contributed by atoms with Crippen LogP contribution in [0, 0.1) is 17.2 Å². The van der Waals surface area contributed by atoms with Crippen molar-refractivity contribution in [1.29, 1.82) is 5.26 Å². The summed E-state index contributed by atoms with van der Waals surface area (Å²) in [6, 6.07) is 2.53. The van der Waals surface area contributed by atoms with E-state index in [4.69, 9.17) is 5.26 Å². The van der Waals surface area contributed by atoms with Gasteiger partial charge in [-0.25, -0.2) is 14.6 Å². The Bertz CT molecular complexity index is 658. The van der Waals surface area contributed by atoms with Gasteiger partial charge in [-0.2, -0.15) is 10.4 Å². The summed E-state index contributed by atoms with van der Waals surface area (Å²) in [5, 5.41) is 17.7. The Morgan fingerprint density at radius 3 is 3.11 bits per heavy atom. The number of halogens is 1. The van der Waals surface area contributed by atoms with Gasteiger partial charge in [-0.05, 0) is 35.2 Å². The van der Waals surface area contributed by atoms with Crippen LogP contribution in [0.3, 0.4) is 0 Å². The third-order valence-electron chi connectivity index (χ3n) is 3.58. The summed E-state index contributed by atoms with van der Waals surface area (Å²) in [6.07, 6.45) is 4.56. The molecule has 98 valence electrons. The van der Waals surface area contributed by atoms with Crippen molar-refractivity contribution in [3.05, 3.63) is 10.9 Å². The third-order valence-corrected chi connectivity index (χ3v) is 4.14. The summed E-state index contributed by atoms with van der Waals surface area (Å²) >= 11 is 3.43. The van der Waals surface area contributed by atoms with Crippen molar-refractivity contribution in [2.24, 2.45) is 13.0 Å². The number of nitriles is 1. The van der Waals surface area contributed by atoms with Gasteiger partial charge in [0.2, 0.25) is 0 Å². The minimum absolute atomic E-state index is 0.0560. The molecule has 0 aliphatic heterocycles. The Labute approximate surface area is 119 Å². The standard InChI is InChI=1S/C12H13BrN6/c1-19-12-9(10(13)18-19)11(15-6-16-12)17-8-4-2-3-7(8)5-14/h6-8H,2-4H2,1H3,(H,15,16,17)/t7-,8+/m1/s1. The lowest BCUT2D eigenvalue weighted by atomic mass is 10.1. The van der Waals surface area contributed by atoms with E-state index in [2.05, 4.69) is 42.4 Å². The van der Waals surface area contributed by atoms with Crippen LogP contribution in [0.4, 0.5) is 5.82 Å². The van der Waals surface area contributed by atoms with E-state index in [1.54, 1.807) is 4.68 Å². The van der Waals surface area contributed by atoms with Gasteiger partial charge in [0.25, 0.3) is 0 Å². The highest BCUT2D eigenvalue weighted by Gasteiger charge is 2.28. The van der Waals surface area contributed by atoms with Gasteiger partial charge in [0.1, 0.15) is 16.7 Å². The highest BCUT2D eigenvalue weighted by atomic mass is 79.9. The highest BCUT2D eigenvalue weighted by molar-refractivity contribution is 9.10. The zero-order valence-electron chi connectivity index (χ0n) is 10.5. The van der Waals surface area contributed by atoms with Crippen molar-refractivity contribution in [3.8, 4) is 6.07 Å². The molecule has 6 nitrogen and oxygen atoms in total. The van der Waals surface area contributed by atoms with E-state index in [0.717, 1.165) is 40.7 Å². The maximum atomic E-state index is 9.14. The summed E-state index contributed by atoms with van der Waals surface area (Å²) in [5.74, 6) is 0.803. The van der Waals surface area contributed by atoms with Crippen LogP contribution in [0.2, 0.25) is 0 Å². The van der Waals surface area contributed by atoms with Gasteiger partial charge < -0.3 is 5.32 Å². The minimum Gasteiger partial charge on any atom is -0.365 e. The average Bonchev–Trinajstić information content (AvgIpc) is 2.96. The van der Waals surface area contributed by atoms with Crippen LogP contribution in [0.25, 0.3) is 11.0 Å². The van der Waals surface area contributed by atoms with Crippen molar-refractivity contribution in [2.75, 3.05) is 5.32 Å². The quantitative estimate of drug-likeness (QED) is 0.917. The predicted molar refractivity (Wildman–Crippen MR) is 74.4 cm³/mol. The molecule has 2 heterocycles. The molecule has 0 radical (unpaired) electrons. The lowest BCUT2D eigenvalue weighted by molar-refractivity contribution is 0.628. The van der Waals surface area contributed by atoms with Crippen LogP contribution in [0.1, 0.15) is 19.3 Å². The Balaban J connectivity index is 1.99. The van der Waals surface area contributed by atoms with E-state index in [0.29, 0.717) is 0 Å². The molecule has 2 atom stereocenters. The number of anilines is 1. The number of hydrogen-bond donors (Lipinski definition) is 1. The monoisotopic (exact) mass is 320 g/mol.